The molecule has 2 N–H and O–H groups in total. The highest BCUT2D eigenvalue weighted by molar-refractivity contribution is 7.40. The summed E-state index contributed by atoms with van der Waals surface area (Å²) in [6.45, 7) is 4.21. The van der Waals surface area contributed by atoms with Crippen LogP contribution in [-0.2, 0) is 18.6 Å². The number of rotatable bonds is 27. The summed E-state index contributed by atoms with van der Waals surface area (Å²) in [5.41, 5.74) is 0. The van der Waals surface area contributed by atoms with Crippen molar-refractivity contribution >= 4 is 15.1 Å². The highest BCUT2D eigenvalue weighted by Gasteiger charge is 2.14. The lowest BCUT2D eigenvalue weighted by Crippen LogP contribution is -2.18. The molecule has 7 heteroatoms. The van der Waals surface area contributed by atoms with Gasteiger partial charge in [0.05, 0.1) is 13.2 Å². The summed E-state index contributed by atoms with van der Waals surface area (Å²) >= 11 is 0. The topological polar surface area (TPSA) is 77.0 Å². The minimum absolute atomic E-state index is 0.186. The maximum absolute atomic E-state index is 10.7. The molecular formula is C25H52NO5P. The molecule has 0 aromatic rings. The van der Waals surface area contributed by atoms with Gasteiger partial charge in [-0.2, -0.15) is 0 Å². The van der Waals surface area contributed by atoms with Crippen LogP contribution in [0.25, 0.3) is 0 Å². The Morgan fingerprint density at radius 1 is 0.781 bits per heavy atom. The lowest BCUT2D eigenvalue weighted by Gasteiger charge is -2.17. The van der Waals surface area contributed by atoms with Gasteiger partial charge in [-0.25, -0.2) is 0 Å². The number of ether oxygens (including phenoxy) is 1. The average molecular weight is 478 g/mol. The molecule has 0 fully saturated rings. The van der Waals surface area contributed by atoms with Crippen LogP contribution in [0.3, 0.4) is 0 Å². The van der Waals surface area contributed by atoms with Crippen LogP contribution in [0.2, 0.25) is 0 Å². The van der Waals surface area contributed by atoms with Gasteiger partial charge in [0.25, 0.3) is 6.47 Å². The largest absolute Gasteiger partial charge is 0.462 e. The number of hydrogen-bond donors (Lipinski definition) is 2. The molecule has 0 heterocycles. The third kappa shape index (κ3) is 24.4. The first-order valence-corrected chi connectivity index (χ1v) is 14.4. The van der Waals surface area contributed by atoms with Crippen molar-refractivity contribution in [3.63, 3.8) is 0 Å². The summed E-state index contributed by atoms with van der Waals surface area (Å²) in [4.78, 5) is 20.4. The van der Waals surface area contributed by atoms with Gasteiger partial charge in [0.1, 0.15) is 6.10 Å². The lowest BCUT2D eigenvalue weighted by molar-refractivity contribution is -0.135. The van der Waals surface area contributed by atoms with Gasteiger partial charge in [-0.3, -0.25) is 4.79 Å². The smallest absolute Gasteiger partial charge is 0.329 e. The first kappa shape index (κ1) is 31.7. The van der Waals surface area contributed by atoms with E-state index < -0.39 is 8.60 Å². The fourth-order valence-electron chi connectivity index (χ4n) is 3.77. The van der Waals surface area contributed by atoms with E-state index in [2.05, 4.69) is 12.2 Å². The molecule has 0 amide bonds. The molecule has 2 unspecified atom stereocenters. The average Bonchev–Trinajstić information content (AvgIpc) is 2.80. The molecule has 0 aliphatic carbocycles. The van der Waals surface area contributed by atoms with Gasteiger partial charge in [-0.05, 0) is 32.9 Å². The Kier molecular flexibility index (Phi) is 26.8. The number of nitrogens with one attached hydrogen (secondary N) is 1. The minimum Gasteiger partial charge on any atom is -0.462 e. The molecule has 0 radical (unpaired) electrons. The predicted octanol–water partition coefficient (Wildman–Crippen LogP) is 7.04. The standard InChI is InChI=1S/C25H52NO5P/c1-3-4-5-6-7-8-9-10-11-12-13-14-15-16-17-18-20-25(29-24-27)23-31-32(28)30-22-19-21-26-2/h24-26,28H,3-23H2,1-2H3. The molecule has 0 saturated carbocycles. The summed E-state index contributed by atoms with van der Waals surface area (Å²) in [5.74, 6) is 0. The normalized spacial score (nSPS) is 13.2. The first-order valence-electron chi connectivity index (χ1n) is 13.2. The van der Waals surface area contributed by atoms with Gasteiger partial charge >= 0.3 is 8.60 Å². The minimum atomic E-state index is -1.90. The van der Waals surface area contributed by atoms with Crippen molar-refractivity contribution in [2.75, 3.05) is 26.8 Å². The second kappa shape index (κ2) is 27.0. The summed E-state index contributed by atoms with van der Waals surface area (Å²) in [6.07, 6.45) is 22.7. The monoisotopic (exact) mass is 477 g/mol. The van der Waals surface area contributed by atoms with Crippen LogP contribution in [0.4, 0.5) is 0 Å². The molecule has 0 rings (SSSR count). The zero-order chi connectivity index (χ0) is 23.5. The van der Waals surface area contributed by atoms with Crippen LogP contribution in [0.15, 0.2) is 0 Å². The number of carbonyl (C=O) groups is 1. The molecule has 0 spiro atoms. The van der Waals surface area contributed by atoms with Gasteiger partial charge in [-0.15, -0.1) is 0 Å². The van der Waals surface area contributed by atoms with Gasteiger partial charge in [0.15, 0.2) is 0 Å². The highest BCUT2D eigenvalue weighted by Crippen LogP contribution is 2.33. The molecule has 0 aliphatic rings. The van der Waals surface area contributed by atoms with E-state index in [9.17, 15) is 9.69 Å². The van der Waals surface area contributed by atoms with Crippen molar-refractivity contribution in [1.82, 2.24) is 5.32 Å². The van der Waals surface area contributed by atoms with E-state index in [-0.39, 0.29) is 12.7 Å². The maximum atomic E-state index is 10.7. The summed E-state index contributed by atoms with van der Waals surface area (Å²) in [7, 11) is -0.0301. The highest BCUT2D eigenvalue weighted by atomic mass is 31.2. The third-order valence-electron chi connectivity index (χ3n) is 5.77. The van der Waals surface area contributed by atoms with Crippen molar-refractivity contribution in [2.45, 2.75) is 129 Å². The second-order valence-electron chi connectivity index (χ2n) is 8.77. The lowest BCUT2D eigenvalue weighted by atomic mass is 10.0. The number of hydrogen-bond acceptors (Lipinski definition) is 6. The van der Waals surface area contributed by atoms with Crippen molar-refractivity contribution in [3.8, 4) is 0 Å². The van der Waals surface area contributed by atoms with Gasteiger partial charge in [0, 0.05) is 0 Å². The third-order valence-corrected chi connectivity index (χ3v) is 6.54. The van der Waals surface area contributed by atoms with Crippen molar-refractivity contribution in [3.05, 3.63) is 0 Å². The summed E-state index contributed by atoms with van der Waals surface area (Å²) in [6, 6.07) is 0. The SMILES string of the molecule is CCCCCCCCCCCCCCCCCCC(COP(O)OCCCNC)OC=O. The molecule has 32 heavy (non-hydrogen) atoms. The van der Waals surface area contributed by atoms with Crippen LogP contribution in [-0.4, -0.2) is 44.3 Å². The van der Waals surface area contributed by atoms with E-state index in [1.807, 2.05) is 7.05 Å². The van der Waals surface area contributed by atoms with E-state index in [1.54, 1.807) is 0 Å². The van der Waals surface area contributed by atoms with E-state index >= 15 is 0 Å². The Morgan fingerprint density at radius 2 is 1.28 bits per heavy atom. The molecule has 0 aromatic carbocycles. The Bertz CT molecular complexity index is 376. The van der Waals surface area contributed by atoms with E-state index in [1.165, 1.54) is 89.9 Å². The van der Waals surface area contributed by atoms with Crippen LogP contribution >= 0.6 is 8.60 Å². The van der Waals surface area contributed by atoms with E-state index in [4.69, 9.17) is 13.8 Å². The van der Waals surface area contributed by atoms with Crippen LogP contribution in [0.1, 0.15) is 122 Å². The Labute approximate surface area is 199 Å². The Hall–Kier alpha value is -0.260. The van der Waals surface area contributed by atoms with Crippen LogP contribution in [0.5, 0.6) is 0 Å². The molecule has 0 aliphatic heterocycles. The molecule has 0 bridgehead atoms. The van der Waals surface area contributed by atoms with Crippen molar-refractivity contribution < 1.29 is 23.5 Å². The van der Waals surface area contributed by atoms with Crippen molar-refractivity contribution in [2.24, 2.45) is 0 Å². The molecular weight excluding hydrogens is 425 g/mol. The molecule has 6 nitrogen and oxygen atoms in total. The fourth-order valence-corrected chi connectivity index (χ4v) is 4.42. The van der Waals surface area contributed by atoms with E-state index in [0.717, 1.165) is 32.2 Å². The Morgan fingerprint density at radius 3 is 1.75 bits per heavy atom. The van der Waals surface area contributed by atoms with Crippen LogP contribution in [0, 0.1) is 0 Å². The first-order chi connectivity index (χ1) is 15.7. The van der Waals surface area contributed by atoms with E-state index in [0.29, 0.717) is 13.1 Å². The van der Waals surface area contributed by atoms with Crippen molar-refractivity contribution in [1.29, 1.82) is 0 Å². The Balaban J connectivity index is 3.45. The quantitative estimate of drug-likeness (QED) is 0.0750. The summed E-state index contributed by atoms with van der Waals surface area (Å²) < 4.78 is 15.6. The van der Waals surface area contributed by atoms with Gasteiger partial charge in [-0.1, -0.05) is 103 Å². The van der Waals surface area contributed by atoms with Crippen LogP contribution < -0.4 is 5.32 Å². The molecule has 2 atom stereocenters. The predicted molar refractivity (Wildman–Crippen MR) is 135 cm³/mol. The zero-order valence-corrected chi connectivity index (χ0v) is 21.9. The number of carbonyl (C=O) groups excluding carboxylic acids is 1. The fraction of sp³-hybridized carbons (Fsp3) is 0.960. The zero-order valence-electron chi connectivity index (χ0n) is 21.0. The molecule has 0 aromatic heterocycles. The number of unbranched alkanes of at least 4 members (excludes halogenated alkanes) is 15. The van der Waals surface area contributed by atoms with Gasteiger partial charge in [0.2, 0.25) is 0 Å². The maximum Gasteiger partial charge on any atom is 0.329 e. The summed E-state index contributed by atoms with van der Waals surface area (Å²) in [5, 5.41) is 3.02. The van der Waals surface area contributed by atoms with Gasteiger partial charge < -0.3 is 24.0 Å². The molecule has 0 saturated heterocycles. The molecule has 192 valence electrons. The second-order valence-corrected chi connectivity index (χ2v) is 9.76.